The Morgan fingerprint density at radius 3 is 2.89 bits per heavy atom. The summed E-state index contributed by atoms with van der Waals surface area (Å²) in [4.78, 5) is 0. The van der Waals surface area contributed by atoms with E-state index in [2.05, 4.69) is 10.4 Å². The predicted octanol–water partition coefficient (Wildman–Crippen LogP) is 2.42. The molecule has 0 spiro atoms. The molecule has 0 saturated carbocycles. The molecule has 0 radical (unpaired) electrons. The lowest BCUT2D eigenvalue weighted by Gasteiger charge is -2.16. The Balaban J connectivity index is 2.15. The Bertz CT molecular complexity index is 553. The van der Waals surface area contributed by atoms with E-state index in [1.165, 1.54) is 12.1 Å². The number of hydrogen-bond donors (Lipinski definition) is 1. The van der Waals surface area contributed by atoms with Crippen molar-refractivity contribution >= 4 is 0 Å². The summed E-state index contributed by atoms with van der Waals surface area (Å²) in [5.74, 6) is 0.429. The minimum absolute atomic E-state index is 0.0274. The first-order valence-corrected chi connectivity index (χ1v) is 6.17. The maximum atomic E-state index is 13.3. The summed E-state index contributed by atoms with van der Waals surface area (Å²) in [6.45, 7) is 2.38. The van der Waals surface area contributed by atoms with Crippen molar-refractivity contribution in [3.63, 3.8) is 0 Å². The van der Waals surface area contributed by atoms with Crippen molar-refractivity contribution in [2.45, 2.75) is 19.6 Å². The van der Waals surface area contributed by atoms with E-state index in [0.29, 0.717) is 12.4 Å². The van der Waals surface area contributed by atoms with Gasteiger partial charge in [-0.2, -0.15) is 5.10 Å². The van der Waals surface area contributed by atoms with E-state index in [-0.39, 0.29) is 11.9 Å². The van der Waals surface area contributed by atoms with Crippen molar-refractivity contribution < 1.29 is 9.13 Å². The van der Waals surface area contributed by atoms with Crippen LogP contribution in [0, 0.1) is 5.82 Å². The van der Waals surface area contributed by atoms with E-state index >= 15 is 0 Å². The van der Waals surface area contributed by atoms with Crippen LogP contribution >= 0.6 is 0 Å². The van der Waals surface area contributed by atoms with E-state index in [0.717, 1.165) is 11.1 Å². The number of nitrogens with one attached hydrogen (secondary N) is 1. The summed E-state index contributed by atoms with van der Waals surface area (Å²) in [5, 5.41) is 7.17. The second-order valence-electron chi connectivity index (χ2n) is 4.50. The third-order valence-electron chi connectivity index (χ3n) is 3.02. The molecule has 1 N–H and O–H groups in total. The number of nitrogens with zero attached hydrogens (tertiary/aromatic N) is 2. The lowest BCUT2D eigenvalue weighted by atomic mass is 10.1. The SMILES string of the molecule is CNC(C)c1cc(F)ccc1OCc1cnn(C)c1. The van der Waals surface area contributed by atoms with E-state index in [1.54, 1.807) is 16.9 Å². The van der Waals surface area contributed by atoms with Crippen molar-refractivity contribution in [1.29, 1.82) is 0 Å². The number of ether oxygens (including phenoxy) is 1. The van der Waals surface area contributed by atoms with Gasteiger partial charge in [-0.05, 0) is 32.2 Å². The standard InChI is InChI=1S/C14H18FN3O/c1-10(16-2)13-6-12(15)4-5-14(13)19-9-11-7-17-18(3)8-11/h4-8,10,16H,9H2,1-3H3. The number of hydrogen-bond acceptors (Lipinski definition) is 3. The van der Waals surface area contributed by atoms with Gasteiger partial charge in [0.05, 0.1) is 6.20 Å². The van der Waals surface area contributed by atoms with Gasteiger partial charge in [-0.15, -0.1) is 0 Å². The van der Waals surface area contributed by atoms with Gasteiger partial charge in [0.2, 0.25) is 0 Å². The Morgan fingerprint density at radius 1 is 1.47 bits per heavy atom. The molecule has 4 nitrogen and oxygen atoms in total. The van der Waals surface area contributed by atoms with Crippen LogP contribution in [0.1, 0.15) is 24.1 Å². The fourth-order valence-electron chi connectivity index (χ4n) is 1.85. The van der Waals surface area contributed by atoms with E-state index in [9.17, 15) is 4.39 Å². The summed E-state index contributed by atoms with van der Waals surface area (Å²) in [7, 11) is 3.69. The van der Waals surface area contributed by atoms with Gasteiger partial charge in [-0.25, -0.2) is 4.39 Å². The Hall–Kier alpha value is -1.88. The fraction of sp³-hybridized carbons (Fsp3) is 0.357. The Morgan fingerprint density at radius 2 is 2.26 bits per heavy atom. The maximum absolute atomic E-state index is 13.3. The van der Waals surface area contributed by atoms with Gasteiger partial charge < -0.3 is 10.1 Å². The van der Waals surface area contributed by atoms with Gasteiger partial charge in [0.25, 0.3) is 0 Å². The van der Waals surface area contributed by atoms with Crippen LogP contribution in [0.4, 0.5) is 4.39 Å². The summed E-state index contributed by atoms with van der Waals surface area (Å²) < 4.78 is 20.8. The van der Waals surface area contributed by atoms with Gasteiger partial charge in [0.1, 0.15) is 18.2 Å². The molecule has 2 aromatic rings. The van der Waals surface area contributed by atoms with Crippen LogP contribution in [-0.4, -0.2) is 16.8 Å². The molecule has 0 amide bonds. The maximum Gasteiger partial charge on any atom is 0.124 e. The first kappa shape index (κ1) is 13.5. The normalized spacial score (nSPS) is 12.4. The molecular formula is C14H18FN3O. The van der Waals surface area contributed by atoms with Crippen molar-refractivity contribution in [3.8, 4) is 5.75 Å². The predicted molar refractivity (Wildman–Crippen MR) is 71.4 cm³/mol. The average Bonchev–Trinajstić information content (AvgIpc) is 2.82. The van der Waals surface area contributed by atoms with Crippen LogP contribution in [0.3, 0.4) is 0 Å². The van der Waals surface area contributed by atoms with Crippen LogP contribution in [0.15, 0.2) is 30.6 Å². The van der Waals surface area contributed by atoms with Crippen LogP contribution in [-0.2, 0) is 13.7 Å². The molecule has 5 heteroatoms. The smallest absolute Gasteiger partial charge is 0.124 e. The van der Waals surface area contributed by atoms with Crippen LogP contribution < -0.4 is 10.1 Å². The van der Waals surface area contributed by atoms with Gasteiger partial charge in [0, 0.05) is 30.4 Å². The molecule has 1 heterocycles. The highest BCUT2D eigenvalue weighted by molar-refractivity contribution is 5.36. The molecule has 0 aliphatic rings. The second-order valence-corrected chi connectivity index (χ2v) is 4.50. The van der Waals surface area contributed by atoms with Crippen LogP contribution in [0.2, 0.25) is 0 Å². The molecule has 2 rings (SSSR count). The minimum Gasteiger partial charge on any atom is -0.488 e. The highest BCUT2D eigenvalue weighted by Gasteiger charge is 2.11. The number of benzene rings is 1. The van der Waals surface area contributed by atoms with Gasteiger partial charge >= 0.3 is 0 Å². The largest absolute Gasteiger partial charge is 0.488 e. The number of aromatic nitrogens is 2. The second kappa shape index (κ2) is 5.84. The van der Waals surface area contributed by atoms with Crippen molar-refractivity contribution in [3.05, 3.63) is 47.5 Å². The van der Waals surface area contributed by atoms with Crippen molar-refractivity contribution in [2.75, 3.05) is 7.05 Å². The summed E-state index contributed by atoms with van der Waals surface area (Å²) in [6.07, 6.45) is 3.65. The van der Waals surface area contributed by atoms with Gasteiger partial charge in [-0.1, -0.05) is 0 Å². The molecule has 0 aliphatic carbocycles. The van der Waals surface area contributed by atoms with Crippen molar-refractivity contribution in [1.82, 2.24) is 15.1 Å². The van der Waals surface area contributed by atoms with Crippen LogP contribution in [0.25, 0.3) is 0 Å². The van der Waals surface area contributed by atoms with E-state index in [1.807, 2.05) is 27.2 Å². The van der Waals surface area contributed by atoms with Crippen molar-refractivity contribution in [2.24, 2.45) is 7.05 Å². The topological polar surface area (TPSA) is 39.1 Å². The summed E-state index contributed by atoms with van der Waals surface area (Å²) in [6, 6.07) is 4.60. The molecule has 1 aromatic heterocycles. The van der Waals surface area contributed by atoms with Gasteiger partial charge in [0.15, 0.2) is 0 Å². The average molecular weight is 263 g/mol. The molecule has 1 unspecified atom stereocenters. The van der Waals surface area contributed by atoms with E-state index in [4.69, 9.17) is 4.74 Å². The third kappa shape index (κ3) is 3.32. The zero-order valence-corrected chi connectivity index (χ0v) is 11.4. The number of aryl methyl sites for hydroxylation is 1. The molecule has 0 aliphatic heterocycles. The highest BCUT2D eigenvalue weighted by atomic mass is 19.1. The molecule has 1 aromatic carbocycles. The van der Waals surface area contributed by atoms with Crippen LogP contribution in [0.5, 0.6) is 5.75 Å². The number of rotatable bonds is 5. The number of halogens is 1. The first-order chi connectivity index (χ1) is 9.10. The fourth-order valence-corrected chi connectivity index (χ4v) is 1.85. The molecule has 0 saturated heterocycles. The van der Waals surface area contributed by atoms with E-state index < -0.39 is 0 Å². The molecular weight excluding hydrogens is 245 g/mol. The first-order valence-electron chi connectivity index (χ1n) is 6.17. The Labute approximate surface area is 112 Å². The summed E-state index contributed by atoms with van der Waals surface area (Å²) in [5.41, 5.74) is 1.79. The molecule has 102 valence electrons. The highest BCUT2D eigenvalue weighted by Crippen LogP contribution is 2.26. The summed E-state index contributed by atoms with van der Waals surface area (Å²) >= 11 is 0. The third-order valence-corrected chi connectivity index (χ3v) is 3.02. The lowest BCUT2D eigenvalue weighted by molar-refractivity contribution is 0.299. The monoisotopic (exact) mass is 263 g/mol. The zero-order valence-electron chi connectivity index (χ0n) is 11.4. The molecule has 0 bridgehead atoms. The lowest BCUT2D eigenvalue weighted by Crippen LogP contribution is -2.14. The molecule has 0 fully saturated rings. The Kier molecular flexibility index (Phi) is 4.16. The molecule has 19 heavy (non-hydrogen) atoms. The molecule has 1 atom stereocenters. The quantitative estimate of drug-likeness (QED) is 0.900. The zero-order chi connectivity index (χ0) is 13.8. The minimum atomic E-state index is -0.258. The van der Waals surface area contributed by atoms with Gasteiger partial charge in [-0.3, -0.25) is 4.68 Å².